The van der Waals surface area contributed by atoms with Gasteiger partial charge in [0, 0.05) is 39.1 Å². The Morgan fingerprint density at radius 3 is 2.61 bits per heavy atom. The monoisotopic (exact) mass is 460 g/mol. The predicted molar refractivity (Wildman–Crippen MR) is 122 cm³/mol. The van der Waals surface area contributed by atoms with Gasteiger partial charge in [0.15, 0.2) is 11.6 Å². The maximum Gasteiger partial charge on any atom is 0.266 e. The highest BCUT2D eigenvalue weighted by Crippen LogP contribution is 2.41. The third-order valence-electron chi connectivity index (χ3n) is 6.13. The fraction of sp³-hybridized carbons (Fsp3) is 0.500. The van der Waals surface area contributed by atoms with Gasteiger partial charge >= 0.3 is 0 Å². The van der Waals surface area contributed by atoms with E-state index in [1.165, 1.54) is 6.92 Å². The number of methoxy groups -OCH3 is 1. The second-order valence-electron chi connectivity index (χ2n) is 8.68. The van der Waals surface area contributed by atoms with E-state index in [4.69, 9.17) is 9.47 Å². The van der Waals surface area contributed by atoms with E-state index in [1.54, 1.807) is 18.2 Å². The molecule has 9 heteroatoms. The lowest BCUT2D eigenvalue weighted by atomic mass is 10.1. The first-order valence-corrected chi connectivity index (χ1v) is 11.2. The molecule has 2 fully saturated rings. The van der Waals surface area contributed by atoms with Crippen molar-refractivity contribution in [2.45, 2.75) is 44.8 Å². The Labute approximate surface area is 192 Å². The molecule has 1 aromatic carbocycles. The van der Waals surface area contributed by atoms with Gasteiger partial charge in [-0.2, -0.15) is 0 Å². The first-order chi connectivity index (χ1) is 15.8. The number of aromatic nitrogens is 1. The molecule has 2 aliphatic heterocycles. The van der Waals surface area contributed by atoms with Gasteiger partial charge in [0.2, 0.25) is 5.91 Å². The molecule has 0 aliphatic carbocycles. The lowest BCUT2D eigenvalue weighted by Crippen LogP contribution is -2.28. The SMILES string of the molecule is COc1c(N2CC[C@@H](Oc3ccc([C@H](C)NC(C)=O)cc3)C2)ccnc1N1CCC(F)(F)C1. The van der Waals surface area contributed by atoms with Crippen LogP contribution in [-0.4, -0.2) is 56.2 Å². The number of alkyl halides is 2. The van der Waals surface area contributed by atoms with Crippen LogP contribution >= 0.6 is 0 Å². The fourth-order valence-electron chi connectivity index (χ4n) is 4.47. The highest BCUT2D eigenvalue weighted by Gasteiger charge is 2.40. The molecule has 0 radical (unpaired) electrons. The summed E-state index contributed by atoms with van der Waals surface area (Å²) in [6.45, 7) is 4.76. The fourth-order valence-corrected chi connectivity index (χ4v) is 4.47. The lowest BCUT2D eigenvalue weighted by molar-refractivity contribution is -0.119. The number of pyridine rings is 1. The van der Waals surface area contributed by atoms with Crippen molar-refractivity contribution in [3.05, 3.63) is 42.1 Å². The highest BCUT2D eigenvalue weighted by molar-refractivity contribution is 5.73. The molecule has 2 aliphatic rings. The first-order valence-electron chi connectivity index (χ1n) is 11.2. The number of amides is 1. The number of carbonyl (C=O) groups is 1. The Bertz CT molecular complexity index is 986. The van der Waals surface area contributed by atoms with Crippen molar-refractivity contribution in [2.24, 2.45) is 0 Å². The average molecular weight is 461 g/mol. The van der Waals surface area contributed by atoms with E-state index in [1.807, 2.05) is 37.3 Å². The second-order valence-corrected chi connectivity index (χ2v) is 8.68. The van der Waals surface area contributed by atoms with Gasteiger partial charge in [-0.15, -0.1) is 0 Å². The van der Waals surface area contributed by atoms with Gasteiger partial charge in [0.05, 0.1) is 31.9 Å². The summed E-state index contributed by atoms with van der Waals surface area (Å²) in [5.41, 5.74) is 1.84. The second kappa shape index (κ2) is 9.41. The van der Waals surface area contributed by atoms with Crippen molar-refractivity contribution in [2.75, 3.05) is 43.1 Å². The zero-order valence-corrected chi connectivity index (χ0v) is 19.2. The number of benzene rings is 1. The van der Waals surface area contributed by atoms with E-state index < -0.39 is 5.92 Å². The van der Waals surface area contributed by atoms with E-state index in [0.29, 0.717) is 18.1 Å². The number of ether oxygens (including phenoxy) is 2. The molecule has 33 heavy (non-hydrogen) atoms. The molecule has 1 N–H and O–H groups in total. The number of hydrogen-bond acceptors (Lipinski definition) is 6. The topological polar surface area (TPSA) is 66.9 Å². The summed E-state index contributed by atoms with van der Waals surface area (Å²) in [5.74, 6) is -1.03. The third-order valence-corrected chi connectivity index (χ3v) is 6.13. The van der Waals surface area contributed by atoms with Crippen molar-refractivity contribution in [1.82, 2.24) is 10.3 Å². The molecular weight excluding hydrogens is 430 g/mol. The molecule has 4 rings (SSSR count). The zero-order valence-electron chi connectivity index (χ0n) is 19.2. The summed E-state index contributed by atoms with van der Waals surface area (Å²) in [5, 5.41) is 2.87. The van der Waals surface area contributed by atoms with E-state index in [9.17, 15) is 13.6 Å². The van der Waals surface area contributed by atoms with Crippen LogP contribution in [0.3, 0.4) is 0 Å². The van der Waals surface area contributed by atoms with Gasteiger partial charge in [0.1, 0.15) is 11.9 Å². The van der Waals surface area contributed by atoms with Crippen molar-refractivity contribution < 1.29 is 23.0 Å². The lowest BCUT2D eigenvalue weighted by Gasteiger charge is -2.26. The van der Waals surface area contributed by atoms with E-state index >= 15 is 0 Å². The summed E-state index contributed by atoms with van der Waals surface area (Å²) in [6.07, 6.45) is 2.28. The maximum atomic E-state index is 13.7. The van der Waals surface area contributed by atoms with Crippen LogP contribution in [0, 0.1) is 0 Å². The Morgan fingerprint density at radius 2 is 1.97 bits per heavy atom. The summed E-state index contributed by atoms with van der Waals surface area (Å²) in [6, 6.07) is 9.52. The molecule has 178 valence electrons. The first kappa shape index (κ1) is 23.1. The number of carbonyl (C=O) groups excluding carboxylic acids is 1. The summed E-state index contributed by atoms with van der Waals surface area (Å²) in [7, 11) is 1.55. The van der Waals surface area contributed by atoms with Gasteiger partial charge in [-0.25, -0.2) is 13.8 Å². The molecule has 0 saturated carbocycles. The molecule has 1 amide bonds. The van der Waals surface area contributed by atoms with E-state index in [0.717, 1.165) is 30.0 Å². The Kier molecular flexibility index (Phi) is 6.58. The number of nitrogens with one attached hydrogen (secondary N) is 1. The minimum Gasteiger partial charge on any atom is -0.491 e. The van der Waals surface area contributed by atoms with Crippen molar-refractivity contribution in [3.8, 4) is 11.5 Å². The number of halogens is 2. The molecule has 0 bridgehead atoms. The maximum absolute atomic E-state index is 13.7. The van der Waals surface area contributed by atoms with Crippen molar-refractivity contribution in [3.63, 3.8) is 0 Å². The largest absolute Gasteiger partial charge is 0.491 e. The van der Waals surface area contributed by atoms with Crippen LogP contribution in [-0.2, 0) is 4.79 Å². The van der Waals surface area contributed by atoms with Gasteiger partial charge in [-0.05, 0) is 30.7 Å². The smallest absolute Gasteiger partial charge is 0.266 e. The van der Waals surface area contributed by atoms with Gasteiger partial charge in [-0.1, -0.05) is 12.1 Å². The molecule has 1 aromatic heterocycles. The van der Waals surface area contributed by atoms with Crippen molar-refractivity contribution in [1.29, 1.82) is 0 Å². The van der Waals surface area contributed by atoms with Crippen molar-refractivity contribution >= 4 is 17.4 Å². The van der Waals surface area contributed by atoms with E-state index in [2.05, 4.69) is 15.2 Å². The van der Waals surface area contributed by atoms with E-state index in [-0.39, 0.29) is 37.6 Å². The molecule has 3 heterocycles. The predicted octanol–water partition coefficient (Wildman–Crippen LogP) is 3.79. The highest BCUT2D eigenvalue weighted by atomic mass is 19.3. The minimum atomic E-state index is -2.70. The van der Waals surface area contributed by atoms with Gasteiger partial charge in [0.25, 0.3) is 5.92 Å². The number of hydrogen-bond donors (Lipinski definition) is 1. The summed E-state index contributed by atoms with van der Waals surface area (Å²) >= 11 is 0. The standard InChI is InChI=1S/C24H30F2N4O3/c1-16(28-17(2)31)18-4-6-19(7-5-18)33-20-9-12-29(14-20)21-8-11-27-23(22(21)32-3)30-13-10-24(25,26)15-30/h4-8,11,16,20H,9-10,12-15H2,1-3H3,(H,28,31)/t16-,20+/m0/s1. The summed E-state index contributed by atoms with van der Waals surface area (Å²) in [4.78, 5) is 19.3. The molecular formula is C24H30F2N4O3. The zero-order chi connectivity index (χ0) is 23.6. The molecule has 2 atom stereocenters. The van der Waals surface area contributed by atoms with Crippen LogP contribution in [0.5, 0.6) is 11.5 Å². The quantitative estimate of drug-likeness (QED) is 0.678. The molecule has 2 saturated heterocycles. The van der Waals surface area contributed by atoms with Crippen LogP contribution in [0.1, 0.15) is 38.3 Å². The minimum absolute atomic E-state index is 0.0129. The Morgan fingerprint density at radius 1 is 1.21 bits per heavy atom. The summed E-state index contributed by atoms with van der Waals surface area (Å²) < 4.78 is 39.3. The van der Waals surface area contributed by atoms with Crippen LogP contribution in [0.4, 0.5) is 20.3 Å². The molecule has 0 spiro atoms. The number of anilines is 2. The van der Waals surface area contributed by atoms with Gasteiger partial charge < -0.3 is 24.6 Å². The Hall–Kier alpha value is -3.10. The third kappa shape index (κ3) is 5.29. The normalized spacial score (nSPS) is 20.6. The molecule has 7 nitrogen and oxygen atoms in total. The van der Waals surface area contributed by atoms with Crippen LogP contribution in [0.15, 0.2) is 36.5 Å². The van der Waals surface area contributed by atoms with Crippen LogP contribution < -0.4 is 24.6 Å². The molecule has 0 unspecified atom stereocenters. The van der Waals surface area contributed by atoms with Gasteiger partial charge in [-0.3, -0.25) is 4.79 Å². The van der Waals surface area contributed by atoms with Crippen LogP contribution in [0.2, 0.25) is 0 Å². The Balaban J connectivity index is 1.42. The molecule has 2 aromatic rings. The number of nitrogens with zero attached hydrogens (tertiary/aromatic N) is 3. The average Bonchev–Trinajstić information content (AvgIpc) is 3.39. The number of rotatable bonds is 7. The van der Waals surface area contributed by atoms with Crippen LogP contribution in [0.25, 0.3) is 0 Å².